The Labute approximate surface area is 499 Å². The van der Waals surface area contributed by atoms with Crippen LogP contribution in [0.1, 0.15) is 84.3 Å². The van der Waals surface area contributed by atoms with Gasteiger partial charge in [0.2, 0.25) is 59.1 Å². The van der Waals surface area contributed by atoms with E-state index < -0.39 is 126 Å². The first-order valence-corrected chi connectivity index (χ1v) is 29.1. The van der Waals surface area contributed by atoms with Crippen molar-refractivity contribution in [1.82, 2.24) is 63.1 Å². The number of aromatic nitrogens is 1. The van der Waals surface area contributed by atoms with Gasteiger partial charge in [0.15, 0.2) is 5.96 Å². The van der Waals surface area contributed by atoms with Crippen molar-refractivity contribution in [3.63, 3.8) is 0 Å². The first-order chi connectivity index (χ1) is 40.0. The molecule has 0 aliphatic carbocycles. The van der Waals surface area contributed by atoms with Crippen LogP contribution >= 0.6 is 25.3 Å². The van der Waals surface area contributed by atoms with Crippen molar-refractivity contribution >= 4 is 101 Å². The Morgan fingerprint density at radius 1 is 0.595 bits per heavy atom. The lowest BCUT2D eigenvalue weighted by molar-refractivity contribution is -0.137. The third-order valence-electron chi connectivity index (χ3n) is 13.4. The number of nitrogens with one attached hydrogen (secondary N) is 12. The van der Waals surface area contributed by atoms with E-state index in [1.807, 2.05) is 18.7 Å². The number of H-pyrrole nitrogens is 1. The number of carbonyl (C=O) groups excluding carboxylic acids is 10. The van der Waals surface area contributed by atoms with Crippen LogP contribution in [0.5, 0.6) is 0 Å². The number of amides is 10. The van der Waals surface area contributed by atoms with Crippen LogP contribution in [0.4, 0.5) is 0 Å². The van der Waals surface area contributed by atoms with Crippen molar-refractivity contribution < 1.29 is 58.2 Å². The highest BCUT2D eigenvalue weighted by molar-refractivity contribution is 7.80. The van der Waals surface area contributed by atoms with Gasteiger partial charge in [-0.15, -0.1) is 0 Å². The molecule has 3 rings (SSSR count). The van der Waals surface area contributed by atoms with Crippen molar-refractivity contribution in [2.24, 2.45) is 11.5 Å². The van der Waals surface area contributed by atoms with Crippen LogP contribution in [0.3, 0.4) is 0 Å². The maximum Gasteiger partial charge on any atom is 0.245 e. The van der Waals surface area contributed by atoms with Gasteiger partial charge in [0, 0.05) is 68.0 Å². The number of guanidine groups is 1. The molecule has 10 atom stereocenters. The van der Waals surface area contributed by atoms with Gasteiger partial charge < -0.3 is 84.7 Å². The molecule has 0 bridgehead atoms. The van der Waals surface area contributed by atoms with Gasteiger partial charge in [-0.25, -0.2) is 0 Å². The summed E-state index contributed by atoms with van der Waals surface area (Å²) < 4.78 is 0. The Morgan fingerprint density at radius 2 is 1.10 bits per heavy atom. The van der Waals surface area contributed by atoms with Crippen molar-refractivity contribution in [3.8, 4) is 0 Å². The molecule has 84 heavy (non-hydrogen) atoms. The standard InChI is InChI=1S/C55H85N15O12S2/c1-6-70(7-2)55(58)59-24-16-14-22-38(62-33(5)73)48(76)61-28-44(74)63-42(29-83)52(80)65-40(25-34-17-9-8-10-18-34)50(78)66-41(26-35-27-60-37-20-12-11-19-36(35)37)51(79)64-39(21-13-15-23-56)49(77)69-46(32(4)72)54(82)67-43(30-84)53(81)68-45(31(3)71)47(57)75/h8-12,17-20,27,31-32,38-43,45-46,60,71-72,83-84H,6-7,13-16,21-26,28-30,56H2,1-5H3,(H2,57,75)(H2,58,59)(H,61,76)(H,62,73)(H,63,74)(H,64,79)(H,65,80)(H,66,78)(H,67,82)(H,68,81)(H,69,77)/t31-,32-,38-,39+,40+,41-,42+,43+,45+,46+/m1/s1. The predicted molar refractivity (Wildman–Crippen MR) is 322 cm³/mol. The molecule has 0 radical (unpaired) electrons. The molecule has 464 valence electrons. The molecule has 1 heterocycles. The maximum absolute atomic E-state index is 14.7. The Hall–Kier alpha value is -7.47. The number of nitrogens with zero attached hydrogens (tertiary/aromatic N) is 1. The highest BCUT2D eigenvalue weighted by Gasteiger charge is 2.36. The van der Waals surface area contributed by atoms with E-state index in [4.69, 9.17) is 16.9 Å². The third kappa shape index (κ3) is 23.7. The summed E-state index contributed by atoms with van der Waals surface area (Å²) in [6, 6.07) is 4.49. The number of para-hydroxylation sites is 1. The Balaban J connectivity index is 1.87. The minimum Gasteiger partial charge on any atom is -0.391 e. The largest absolute Gasteiger partial charge is 0.391 e. The second kappa shape index (κ2) is 37.0. The molecule has 0 saturated carbocycles. The zero-order valence-electron chi connectivity index (χ0n) is 48.1. The fourth-order valence-corrected chi connectivity index (χ4v) is 9.26. The van der Waals surface area contributed by atoms with E-state index in [9.17, 15) is 58.2 Å². The number of hydrogen-bond donors (Lipinski definition) is 18. The van der Waals surface area contributed by atoms with Crippen LogP contribution < -0.4 is 64.6 Å². The Kier molecular flexibility index (Phi) is 31.2. The van der Waals surface area contributed by atoms with Gasteiger partial charge in [0.05, 0.1) is 18.8 Å². The van der Waals surface area contributed by atoms with E-state index in [2.05, 4.69) is 83.4 Å². The first kappa shape index (κ1) is 70.8. The summed E-state index contributed by atoms with van der Waals surface area (Å²) in [4.78, 5) is 140. The SMILES string of the molecule is CCN(CC)C(=N)NCCCC[C@@H](NC(C)=O)C(=O)NCC(=O)N[C@@H](CS)C(=O)N[C@@H](Cc1ccccc1)C(=O)N[C@H](Cc1c[nH]c2ccccc12)C(=O)N[C@@H](CCCCN)C(=O)N[C@H](C(=O)N[C@@H](CS)C(=O)N[C@H](C(N)=O)[C@@H](C)O)[C@@H](C)O. The van der Waals surface area contributed by atoms with Crippen molar-refractivity contribution in [2.45, 2.75) is 147 Å². The molecular weight excluding hydrogens is 1130 g/mol. The van der Waals surface area contributed by atoms with E-state index in [-0.39, 0.29) is 56.1 Å². The number of rotatable bonds is 37. The summed E-state index contributed by atoms with van der Waals surface area (Å²) >= 11 is 8.42. The van der Waals surface area contributed by atoms with Crippen LogP contribution in [0.2, 0.25) is 0 Å². The molecule has 10 amide bonds. The fraction of sp³-hybridized carbons (Fsp3) is 0.545. The first-order valence-electron chi connectivity index (χ1n) is 27.9. The topological polar surface area (TPSA) is 426 Å². The smallest absolute Gasteiger partial charge is 0.245 e. The number of aliphatic hydroxyl groups excluding tert-OH is 2. The average molecular weight is 1210 g/mol. The number of thiol groups is 2. The third-order valence-corrected chi connectivity index (χ3v) is 14.2. The maximum atomic E-state index is 14.7. The van der Waals surface area contributed by atoms with Gasteiger partial charge in [-0.05, 0) is 90.0 Å². The summed E-state index contributed by atoms with van der Waals surface area (Å²) in [6.07, 6.45) is 0.356. The molecule has 0 aliphatic heterocycles. The number of aliphatic hydroxyl groups is 2. The molecule has 27 nitrogen and oxygen atoms in total. The fourth-order valence-electron chi connectivity index (χ4n) is 8.74. The number of fused-ring (bicyclic) bond motifs is 1. The summed E-state index contributed by atoms with van der Waals surface area (Å²) in [6.45, 7) is 8.97. The molecule has 0 spiro atoms. The number of hydrogen-bond acceptors (Lipinski definition) is 16. The average Bonchev–Trinajstić information content (AvgIpc) is 4.07. The van der Waals surface area contributed by atoms with Gasteiger partial charge in [-0.1, -0.05) is 48.5 Å². The molecule has 0 fully saturated rings. The van der Waals surface area contributed by atoms with Crippen LogP contribution in [0.25, 0.3) is 10.9 Å². The van der Waals surface area contributed by atoms with E-state index in [1.54, 1.807) is 60.8 Å². The van der Waals surface area contributed by atoms with Crippen molar-refractivity contribution in [3.05, 3.63) is 71.9 Å². The number of benzene rings is 2. The van der Waals surface area contributed by atoms with Gasteiger partial charge in [0.1, 0.15) is 48.3 Å². The lowest BCUT2D eigenvalue weighted by Gasteiger charge is -2.28. The summed E-state index contributed by atoms with van der Waals surface area (Å²) in [7, 11) is 0. The molecule has 3 aromatic rings. The van der Waals surface area contributed by atoms with Crippen molar-refractivity contribution in [2.75, 3.05) is 44.2 Å². The van der Waals surface area contributed by atoms with Crippen LogP contribution in [-0.4, -0.2) is 190 Å². The second-order valence-electron chi connectivity index (χ2n) is 20.0. The van der Waals surface area contributed by atoms with Crippen LogP contribution in [-0.2, 0) is 60.8 Å². The normalized spacial score (nSPS) is 14.6. The summed E-state index contributed by atoms with van der Waals surface area (Å²) in [5.41, 5.74) is 13.0. The molecule has 18 N–H and O–H groups in total. The van der Waals surface area contributed by atoms with Crippen LogP contribution in [0.15, 0.2) is 60.8 Å². The number of aromatic amines is 1. The number of primary amides is 1. The number of carbonyl (C=O) groups is 10. The summed E-state index contributed by atoms with van der Waals surface area (Å²) in [5.74, 6) is -8.78. The molecule has 2 aromatic carbocycles. The zero-order valence-corrected chi connectivity index (χ0v) is 49.9. The van der Waals surface area contributed by atoms with E-state index in [0.717, 1.165) is 0 Å². The highest BCUT2D eigenvalue weighted by atomic mass is 32.1. The minimum absolute atomic E-state index is 0.0433. The molecule has 29 heteroatoms. The Bertz CT molecular complexity index is 2680. The molecule has 0 unspecified atom stereocenters. The monoisotopic (exact) mass is 1210 g/mol. The van der Waals surface area contributed by atoms with E-state index in [1.165, 1.54) is 20.8 Å². The quantitative estimate of drug-likeness (QED) is 0.0120. The van der Waals surface area contributed by atoms with Gasteiger partial charge in [0.25, 0.3) is 0 Å². The highest BCUT2D eigenvalue weighted by Crippen LogP contribution is 2.20. The zero-order chi connectivity index (χ0) is 62.5. The molecule has 0 aliphatic rings. The molecular formula is C55H85N15O12S2. The second-order valence-corrected chi connectivity index (χ2v) is 20.8. The van der Waals surface area contributed by atoms with E-state index in [0.29, 0.717) is 60.9 Å². The minimum atomic E-state index is -1.73. The van der Waals surface area contributed by atoms with Crippen LogP contribution in [0, 0.1) is 5.41 Å². The molecule has 1 aromatic heterocycles. The molecule has 0 saturated heterocycles. The Morgan fingerprint density at radius 3 is 1.67 bits per heavy atom. The van der Waals surface area contributed by atoms with Gasteiger partial charge in [-0.2, -0.15) is 25.3 Å². The summed E-state index contributed by atoms with van der Waals surface area (Å²) in [5, 5.41) is 55.4. The number of unbranched alkanes of at least 4 members (excludes halogenated alkanes) is 2. The van der Waals surface area contributed by atoms with E-state index >= 15 is 0 Å². The van der Waals surface area contributed by atoms with Gasteiger partial charge >= 0.3 is 0 Å². The lowest BCUT2D eigenvalue weighted by atomic mass is 10.0. The predicted octanol–water partition coefficient (Wildman–Crippen LogP) is -2.76. The van der Waals surface area contributed by atoms with Gasteiger partial charge in [-0.3, -0.25) is 53.4 Å². The number of nitrogens with two attached hydrogens (primary N) is 2. The van der Waals surface area contributed by atoms with Crippen molar-refractivity contribution in [1.29, 1.82) is 5.41 Å². The lowest BCUT2D eigenvalue weighted by Crippen LogP contribution is -2.62.